The zero-order valence-electron chi connectivity index (χ0n) is 34.3. The van der Waals surface area contributed by atoms with Gasteiger partial charge < -0.3 is 9.47 Å². The Kier molecular flexibility index (Phi) is 9.83. The summed E-state index contributed by atoms with van der Waals surface area (Å²) < 4.78 is 77.5. The van der Waals surface area contributed by atoms with Crippen LogP contribution in [0.1, 0.15) is 51.2 Å². The number of benzene rings is 3. The minimum atomic E-state index is -1.81. The molecule has 6 heterocycles. The number of halogens is 4. The van der Waals surface area contributed by atoms with Crippen LogP contribution in [0, 0.1) is 23.5 Å². The molecule has 67 heavy (non-hydrogen) atoms. The molecule has 0 aliphatic heterocycles. The molecule has 3 aromatic carbocycles. The molecule has 4 atom stereocenters. The monoisotopic (exact) mass is 975 g/mol. The number of carbonyl (C=O) groups excluding carboxylic acids is 5. The summed E-state index contributed by atoms with van der Waals surface area (Å²) in [4.78, 5) is 73.1. The number of ketones is 3. The Bertz CT molecular complexity index is 3710. The number of alkyl halides is 2. The van der Waals surface area contributed by atoms with E-state index in [1.807, 2.05) is 60.7 Å². The van der Waals surface area contributed by atoms with Gasteiger partial charge in [0.05, 0.1) is 67.5 Å². The lowest BCUT2D eigenvalue weighted by atomic mass is 9.78. The van der Waals surface area contributed by atoms with Gasteiger partial charge in [0, 0.05) is 29.7 Å². The second-order valence-corrected chi connectivity index (χ2v) is 20.8. The molecule has 0 N–H and O–H groups in total. The molecule has 6 aromatic heterocycles. The second-order valence-electron chi connectivity index (χ2n) is 16.6. The third kappa shape index (κ3) is 6.66. The predicted octanol–water partition coefficient (Wildman–Crippen LogP) is 13.0. The van der Waals surface area contributed by atoms with Crippen molar-refractivity contribution in [2.75, 3.05) is 0 Å². The van der Waals surface area contributed by atoms with E-state index in [0.717, 1.165) is 28.5 Å². The van der Waals surface area contributed by atoms with Crippen LogP contribution in [0.25, 0.3) is 61.9 Å². The number of aromatic nitrogens is 2. The van der Waals surface area contributed by atoms with Gasteiger partial charge in [-0.1, -0.05) is 60.7 Å². The number of carbonyl (C=O) groups is 5. The Hall–Kier alpha value is -6.60. The molecular formula is C49H29F4N3O7S4. The van der Waals surface area contributed by atoms with E-state index in [2.05, 4.69) is 4.99 Å². The van der Waals surface area contributed by atoms with Crippen molar-refractivity contribution in [1.82, 2.24) is 9.13 Å². The average molecular weight is 976 g/mol. The van der Waals surface area contributed by atoms with Crippen LogP contribution >= 0.6 is 45.3 Å². The van der Waals surface area contributed by atoms with Gasteiger partial charge in [-0.3, -0.25) is 14.4 Å². The smallest absolute Gasteiger partial charge is 0.419 e. The van der Waals surface area contributed by atoms with E-state index in [-0.39, 0.29) is 47.9 Å². The summed E-state index contributed by atoms with van der Waals surface area (Å²) in [6.07, 6.45) is -3.85. The molecule has 3 aliphatic carbocycles. The van der Waals surface area contributed by atoms with Crippen molar-refractivity contribution in [3.63, 3.8) is 0 Å². The van der Waals surface area contributed by atoms with E-state index in [4.69, 9.17) is 9.47 Å². The quantitative estimate of drug-likeness (QED) is 0.120. The molecule has 334 valence electrons. The van der Waals surface area contributed by atoms with Crippen LogP contribution in [-0.2, 0) is 32.3 Å². The van der Waals surface area contributed by atoms with Crippen molar-refractivity contribution in [2.45, 2.75) is 44.8 Å². The first-order valence-electron chi connectivity index (χ1n) is 21.0. The van der Waals surface area contributed by atoms with Gasteiger partial charge in [0.2, 0.25) is 11.6 Å². The average Bonchev–Trinajstić information content (AvgIpc) is 4.19. The van der Waals surface area contributed by atoms with Crippen molar-refractivity contribution in [2.24, 2.45) is 16.8 Å². The topological polar surface area (TPSA) is 126 Å². The van der Waals surface area contributed by atoms with Gasteiger partial charge in [-0.25, -0.2) is 41.3 Å². The molecule has 0 radical (unpaired) electrons. The highest BCUT2D eigenvalue weighted by atomic mass is 32.1. The fourth-order valence-electron chi connectivity index (χ4n) is 9.62. The molecule has 10 nitrogen and oxygen atoms in total. The molecule has 9 aromatic rings. The fraction of sp³-hybridized carbons (Fsp3) is 0.184. The number of Topliss-reactive ketones (excluding diaryl/α,β-unsaturated/α-hetero) is 3. The molecule has 0 saturated heterocycles. The van der Waals surface area contributed by atoms with Gasteiger partial charge in [-0.15, -0.1) is 45.3 Å². The minimum Gasteiger partial charge on any atom is -0.444 e. The zero-order valence-corrected chi connectivity index (χ0v) is 37.6. The predicted molar refractivity (Wildman–Crippen MR) is 252 cm³/mol. The van der Waals surface area contributed by atoms with Crippen LogP contribution in [0.3, 0.4) is 0 Å². The summed E-state index contributed by atoms with van der Waals surface area (Å²) in [5.74, 6) is -6.36. The molecule has 2 fully saturated rings. The summed E-state index contributed by atoms with van der Waals surface area (Å²) in [6, 6.07) is 23.5. The number of nitrogens with zero attached hydrogens (tertiary/aromatic N) is 3. The number of hydrogen-bond acceptors (Lipinski definition) is 12. The molecule has 18 heteroatoms. The number of rotatable bonds is 6. The summed E-state index contributed by atoms with van der Waals surface area (Å²) in [6.45, 7) is -0.0965. The number of allylic oxidation sites excluding steroid dienone is 1. The lowest BCUT2D eigenvalue weighted by Crippen LogP contribution is -2.36. The maximum atomic E-state index is 15.0. The Morgan fingerprint density at radius 1 is 0.716 bits per heavy atom. The number of fused-ring (bicyclic) bond motifs is 11. The van der Waals surface area contributed by atoms with Crippen LogP contribution < -0.4 is 0 Å². The van der Waals surface area contributed by atoms with E-state index in [1.165, 1.54) is 43.1 Å². The third-order valence-corrected chi connectivity index (χ3v) is 17.4. The van der Waals surface area contributed by atoms with E-state index >= 15 is 0 Å². The van der Waals surface area contributed by atoms with Gasteiger partial charge in [-0.2, -0.15) is 0 Å². The molecule has 2 saturated carbocycles. The van der Waals surface area contributed by atoms with E-state index in [0.29, 0.717) is 66.8 Å². The number of aliphatic imine (C=N–C) groups is 1. The summed E-state index contributed by atoms with van der Waals surface area (Å²) in [7, 11) is 0. The van der Waals surface area contributed by atoms with Gasteiger partial charge in [0.15, 0.2) is 5.78 Å². The lowest BCUT2D eigenvalue weighted by Gasteiger charge is -2.28. The Morgan fingerprint density at radius 2 is 1.30 bits per heavy atom. The fourth-order valence-corrected chi connectivity index (χ4v) is 14.9. The van der Waals surface area contributed by atoms with Crippen molar-refractivity contribution in [1.29, 1.82) is 0 Å². The molecule has 0 bridgehead atoms. The number of ether oxygens (including phenoxy) is 2. The van der Waals surface area contributed by atoms with Crippen LogP contribution in [-0.4, -0.2) is 56.7 Å². The van der Waals surface area contributed by atoms with Crippen LogP contribution in [0.5, 0.6) is 0 Å². The first-order chi connectivity index (χ1) is 32.4. The number of thiophene rings is 4. The van der Waals surface area contributed by atoms with E-state index < -0.39 is 71.8 Å². The zero-order chi connectivity index (χ0) is 46.0. The first kappa shape index (κ1) is 41.8. The second kappa shape index (κ2) is 15.8. The van der Waals surface area contributed by atoms with E-state index in [1.54, 1.807) is 18.2 Å². The normalized spacial score (nSPS) is 20.7. The van der Waals surface area contributed by atoms with Gasteiger partial charge in [0.1, 0.15) is 42.2 Å². The Balaban J connectivity index is 1.04. The largest absolute Gasteiger partial charge is 0.444 e. The van der Waals surface area contributed by atoms with Crippen molar-refractivity contribution >= 4 is 148 Å². The molecular weight excluding hydrogens is 947 g/mol. The van der Waals surface area contributed by atoms with Gasteiger partial charge in [0.25, 0.3) is 0 Å². The molecule has 0 spiro atoms. The van der Waals surface area contributed by atoms with Gasteiger partial charge >= 0.3 is 12.2 Å². The standard InChI is InChI=1S/C49H29F4N3O7S4/c50-24-13-27-23(12-33(57)35(27)29(52)15-24)11-26-17-31-42(64-26)44-38(55(31)48(60)62-19-21-7-3-1-4-8-21)46-47(66-44)39-45(67-46)43-32(56(39)49(61)63-20-22-9-5-2-6-10-22)18-34(65-43)54-37-28-14-25(51)16-30(53)36(28)40(58)41(37)59/h1-11,13,15,17-18,25,28,30,36H,12,14,16,19-20H2/b23-11+,54-37?. The molecule has 12 rings (SSSR count). The number of hydrogen-bond donors (Lipinski definition) is 0. The lowest BCUT2D eigenvalue weighted by molar-refractivity contribution is -0.136. The van der Waals surface area contributed by atoms with Gasteiger partial charge in [-0.05, 0) is 53.0 Å². The molecule has 3 aliphatic rings. The highest BCUT2D eigenvalue weighted by molar-refractivity contribution is 7.40. The van der Waals surface area contributed by atoms with Crippen molar-refractivity contribution in [3.8, 4) is 0 Å². The maximum absolute atomic E-state index is 15.0. The molecule has 4 unspecified atom stereocenters. The van der Waals surface area contributed by atoms with E-state index in [9.17, 15) is 41.5 Å². The summed E-state index contributed by atoms with van der Waals surface area (Å²) in [5.41, 5.74) is 3.66. The summed E-state index contributed by atoms with van der Waals surface area (Å²) >= 11 is 5.15. The first-order valence-corrected chi connectivity index (χ1v) is 24.3. The van der Waals surface area contributed by atoms with Crippen molar-refractivity contribution in [3.05, 3.63) is 124 Å². The Labute approximate surface area is 390 Å². The van der Waals surface area contributed by atoms with Crippen molar-refractivity contribution < 1.29 is 51.0 Å². The highest BCUT2D eigenvalue weighted by Gasteiger charge is 2.54. The highest BCUT2D eigenvalue weighted by Crippen LogP contribution is 2.54. The maximum Gasteiger partial charge on any atom is 0.419 e. The van der Waals surface area contributed by atoms with Crippen LogP contribution in [0.4, 0.5) is 32.2 Å². The SMILES string of the molecule is O=C1C(=O)C2C(F)CC(F)CC2C1=Nc1cc2c(s1)c1sc3c(sc4c5sc(/C=C6\CC(=O)c7c(F)cc(F)cc76)cc5n(C(=O)OCc5ccccc5)c43)c1n2C(=O)OCc1ccccc1. The summed E-state index contributed by atoms with van der Waals surface area (Å²) in [5, 5.41) is 0.249. The third-order valence-electron chi connectivity index (χ3n) is 12.5. The molecule has 0 amide bonds. The van der Waals surface area contributed by atoms with Crippen LogP contribution in [0.15, 0.2) is 89.9 Å². The van der Waals surface area contributed by atoms with Crippen LogP contribution in [0.2, 0.25) is 0 Å². The minimum absolute atomic E-state index is 0.0370. The Morgan fingerprint density at radius 3 is 1.93 bits per heavy atom.